The van der Waals surface area contributed by atoms with E-state index in [2.05, 4.69) is 10.3 Å². The molecule has 0 bridgehead atoms. The number of nitrogens with one attached hydrogen (secondary N) is 2. The Bertz CT molecular complexity index is 778. The molecule has 5 nitrogen and oxygen atoms in total. The van der Waals surface area contributed by atoms with Crippen molar-refractivity contribution in [2.45, 2.75) is 0 Å². The third kappa shape index (κ3) is 3.03. The Labute approximate surface area is 127 Å². The zero-order chi connectivity index (χ0) is 15.4. The number of benzene rings is 2. The van der Waals surface area contributed by atoms with Crippen LogP contribution in [0.15, 0.2) is 54.7 Å². The number of hydrogen-bond acceptors (Lipinski definition) is 3. The summed E-state index contributed by atoms with van der Waals surface area (Å²) in [5.74, 6) is 1.22. The number of carbonyl (C=O) groups excluding carboxylic acids is 1. The fraction of sp³-hybridized carbons (Fsp3) is 0.118. The molecule has 0 aliphatic rings. The Morgan fingerprint density at radius 3 is 2.73 bits per heavy atom. The highest BCUT2D eigenvalue weighted by molar-refractivity contribution is 5.92. The number of H-pyrrole nitrogens is 1. The Hall–Kier alpha value is -2.95. The van der Waals surface area contributed by atoms with Crippen LogP contribution in [0.25, 0.3) is 10.9 Å². The van der Waals surface area contributed by atoms with Crippen LogP contribution in [0.4, 0.5) is 5.69 Å². The molecule has 0 unspecified atom stereocenters. The van der Waals surface area contributed by atoms with Crippen molar-refractivity contribution in [2.24, 2.45) is 0 Å². The number of methoxy groups -OCH3 is 1. The van der Waals surface area contributed by atoms with Crippen LogP contribution in [0.5, 0.6) is 11.5 Å². The molecule has 0 spiro atoms. The molecule has 0 saturated carbocycles. The number of ether oxygens (including phenoxy) is 2. The fourth-order valence-electron chi connectivity index (χ4n) is 2.20. The summed E-state index contributed by atoms with van der Waals surface area (Å²) in [6, 6.07) is 14.7. The molecule has 0 atom stereocenters. The van der Waals surface area contributed by atoms with Gasteiger partial charge in [-0.1, -0.05) is 6.07 Å². The molecule has 0 fully saturated rings. The molecule has 1 aromatic heterocycles. The van der Waals surface area contributed by atoms with E-state index in [9.17, 15) is 4.79 Å². The molecule has 5 heteroatoms. The van der Waals surface area contributed by atoms with E-state index in [0.717, 1.165) is 16.7 Å². The Morgan fingerprint density at radius 1 is 1.14 bits per heavy atom. The van der Waals surface area contributed by atoms with Gasteiger partial charge >= 0.3 is 0 Å². The minimum absolute atomic E-state index is 0.0453. The van der Waals surface area contributed by atoms with Gasteiger partial charge in [0.15, 0.2) is 6.61 Å². The molecule has 3 rings (SSSR count). The van der Waals surface area contributed by atoms with Crippen molar-refractivity contribution >= 4 is 22.5 Å². The first-order chi connectivity index (χ1) is 10.8. The van der Waals surface area contributed by atoms with Crippen LogP contribution < -0.4 is 14.8 Å². The van der Waals surface area contributed by atoms with Gasteiger partial charge < -0.3 is 19.8 Å². The van der Waals surface area contributed by atoms with Gasteiger partial charge in [-0.3, -0.25) is 4.79 Å². The highest BCUT2D eigenvalue weighted by Gasteiger charge is 2.07. The molecule has 112 valence electrons. The predicted octanol–water partition coefficient (Wildman–Crippen LogP) is 3.19. The highest BCUT2D eigenvalue weighted by Crippen LogP contribution is 2.24. The Morgan fingerprint density at radius 2 is 1.95 bits per heavy atom. The molecule has 0 saturated heterocycles. The largest absolute Gasteiger partial charge is 0.497 e. The van der Waals surface area contributed by atoms with Crippen molar-refractivity contribution < 1.29 is 14.3 Å². The molecule has 22 heavy (non-hydrogen) atoms. The molecule has 1 heterocycles. The van der Waals surface area contributed by atoms with E-state index in [0.29, 0.717) is 11.4 Å². The molecule has 1 amide bonds. The number of amides is 1. The third-order valence-corrected chi connectivity index (χ3v) is 3.29. The van der Waals surface area contributed by atoms with Crippen LogP contribution >= 0.6 is 0 Å². The minimum Gasteiger partial charge on any atom is -0.497 e. The number of rotatable bonds is 5. The molecular formula is C17H16N2O3. The molecule has 2 aromatic carbocycles. The summed E-state index contributed by atoms with van der Waals surface area (Å²) in [4.78, 5) is 15.0. The van der Waals surface area contributed by atoms with Gasteiger partial charge in [-0.25, -0.2) is 0 Å². The molecular weight excluding hydrogens is 280 g/mol. The SMILES string of the molecule is COc1ccc(NC(=O)COc2cccc3[nH]ccc23)cc1. The number of carbonyl (C=O) groups is 1. The summed E-state index contributed by atoms with van der Waals surface area (Å²) < 4.78 is 10.7. The lowest BCUT2D eigenvalue weighted by Gasteiger charge is -2.09. The van der Waals surface area contributed by atoms with Gasteiger partial charge in [0.2, 0.25) is 0 Å². The number of anilines is 1. The van der Waals surface area contributed by atoms with Gasteiger partial charge in [-0.2, -0.15) is 0 Å². The second-order valence-corrected chi connectivity index (χ2v) is 4.76. The first-order valence-electron chi connectivity index (χ1n) is 6.89. The Kier molecular flexibility index (Phi) is 3.96. The van der Waals surface area contributed by atoms with E-state index in [1.54, 1.807) is 31.4 Å². The van der Waals surface area contributed by atoms with E-state index in [1.807, 2.05) is 30.5 Å². The van der Waals surface area contributed by atoms with Crippen LogP contribution in [0.1, 0.15) is 0 Å². The van der Waals surface area contributed by atoms with E-state index in [1.165, 1.54) is 0 Å². The summed E-state index contributed by atoms with van der Waals surface area (Å²) in [5, 5.41) is 3.74. The van der Waals surface area contributed by atoms with Gasteiger partial charge in [-0.05, 0) is 42.5 Å². The van der Waals surface area contributed by atoms with E-state index < -0.39 is 0 Å². The maximum Gasteiger partial charge on any atom is 0.262 e. The van der Waals surface area contributed by atoms with Crippen molar-refractivity contribution in [2.75, 3.05) is 19.0 Å². The average Bonchev–Trinajstić information content (AvgIpc) is 3.03. The van der Waals surface area contributed by atoms with E-state index in [4.69, 9.17) is 9.47 Å². The number of hydrogen-bond donors (Lipinski definition) is 2. The standard InChI is InChI=1S/C17H16N2O3/c1-21-13-7-5-12(6-8-13)19-17(20)11-22-16-4-2-3-15-14(16)9-10-18-15/h2-10,18H,11H2,1H3,(H,19,20). The smallest absolute Gasteiger partial charge is 0.262 e. The lowest BCUT2D eigenvalue weighted by Crippen LogP contribution is -2.20. The third-order valence-electron chi connectivity index (χ3n) is 3.29. The van der Waals surface area contributed by atoms with Crippen molar-refractivity contribution in [3.63, 3.8) is 0 Å². The topological polar surface area (TPSA) is 63.4 Å². The highest BCUT2D eigenvalue weighted by atomic mass is 16.5. The monoisotopic (exact) mass is 296 g/mol. The maximum absolute atomic E-state index is 11.9. The Balaban J connectivity index is 1.61. The number of fused-ring (bicyclic) bond motifs is 1. The van der Waals surface area contributed by atoms with Crippen LogP contribution in [0.2, 0.25) is 0 Å². The van der Waals surface area contributed by atoms with Gasteiger partial charge in [0, 0.05) is 22.8 Å². The average molecular weight is 296 g/mol. The zero-order valence-electron chi connectivity index (χ0n) is 12.1. The van der Waals surface area contributed by atoms with E-state index >= 15 is 0 Å². The zero-order valence-corrected chi connectivity index (χ0v) is 12.1. The number of aromatic amines is 1. The van der Waals surface area contributed by atoms with Crippen molar-refractivity contribution in [3.05, 3.63) is 54.7 Å². The summed E-state index contributed by atoms with van der Waals surface area (Å²) in [7, 11) is 1.60. The normalized spacial score (nSPS) is 10.4. The van der Waals surface area contributed by atoms with E-state index in [-0.39, 0.29) is 12.5 Å². The van der Waals surface area contributed by atoms with Gasteiger partial charge in [0.25, 0.3) is 5.91 Å². The van der Waals surface area contributed by atoms with Gasteiger partial charge in [-0.15, -0.1) is 0 Å². The number of aromatic nitrogens is 1. The van der Waals surface area contributed by atoms with Gasteiger partial charge in [0.1, 0.15) is 11.5 Å². The summed E-state index contributed by atoms with van der Waals surface area (Å²) in [6.45, 7) is -0.0453. The van der Waals surface area contributed by atoms with Gasteiger partial charge in [0.05, 0.1) is 7.11 Å². The van der Waals surface area contributed by atoms with Crippen LogP contribution in [-0.2, 0) is 4.79 Å². The summed E-state index contributed by atoms with van der Waals surface area (Å²) in [6.07, 6.45) is 1.84. The predicted molar refractivity (Wildman–Crippen MR) is 85.4 cm³/mol. The van der Waals surface area contributed by atoms with Crippen molar-refractivity contribution in [1.82, 2.24) is 4.98 Å². The first-order valence-corrected chi connectivity index (χ1v) is 6.89. The molecule has 2 N–H and O–H groups in total. The molecule has 3 aromatic rings. The summed E-state index contributed by atoms with van der Waals surface area (Å²) in [5.41, 5.74) is 1.68. The minimum atomic E-state index is -0.210. The second-order valence-electron chi connectivity index (χ2n) is 4.76. The maximum atomic E-state index is 11.9. The lowest BCUT2D eigenvalue weighted by atomic mass is 10.2. The van der Waals surface area contributed by atoms with Crippen LogP contribution in [-0.4, -0.2) is 24.6 Å². The van der Waals surface area contributed by atoms with Crippen molar-refractivity contribution in [3.8, 4) is 11.5 Å². The first kappa shape index (κ1) is 14.0. The fourth-order valence-corrected chi connectivity index (χ4v) is 2.20. The van der Waals surface area contributed by atoms with Crippen LogP contribution in [0.3, 0.4) is 0 Å². The van der Waals surface area contributed by atoms with Crippen molar-refractivity contribution in [1.29, 1.82) is 0 Å². The summed E-state index contributed by atoms with van der Waals surface area (Å²) >= 11 is 0. The second kappa shape index (κ2) is 6.22. The molecule has 0 aliphatic carbocycles. The molecule has 0 radical (unpaired) electrons. The van der Waals surface area contributed by atoms with Crippen LogP contribution in [0, 0.1) is 0 Å². The lowest BCUT2D eigenvalue weighted by molar-refractivity contribution is -0.118. The molecule has 0 aliphatic heterocycles. The quantitative estimate of drug-likeness (QED) is 0.760.